The molecule has 0 aliphatic rings. The summed E-state index contributed by atoms with van der Waals surface area (Å²) in [5.41, 5.74) is 3.49. The van der Waals surface area contributed by atoms with E-state index in [2.05, 4.69) is 59.4 Å². The van der Waals surface area contributed by atoms with Crippen LogP contribution in [0.4, 0.5) is 0 Å². The first-order valence-corrected chi connectivity index (χ1v) is 9.59. The second-order valence-electron chi connectivity index (χ2n) is 9.03. The first kappa shape index (κ1) is 22.0. The zero-order valence-electron chi connectivity index (χ0n) is 18.1. The average Bonchev–Trinajstić information content (AvgIpc) is 2.63. The second kappa shape index (κ2) is 8.82. The van der Waals surface area contributed by atoms with Crippen molar-refractivity contribution in [1.29, 1.82) is 0 Å². The van der Waals surface area contributed by atoms with E-state index in [0.29, 0.717) is 11.3 Å². The molecule has 1 N–H and O–H groups in total. The summed E-state index contributed by atoms with van der Waals surface area (Å²) in [5.74, 6) is 6.68. The first-order chi connectivity index (χ1) is 13.0. The van der Waals surface area contributed by atoms with Crippen LogP contribution in [-0.2, 0) is 15.6 Å². The predicted octanol–water partition coefficient (Wildman–Crippen LogP) is 5.35. The molecule has 0 amide bonds. The lowest BCUT2D eigenvalue weighted by Gasteiger charge is -2.29. The maximum atomic E-state index is 10.9. The van der Waals surface area contributed by atoms with Crippen molar-refractivity contribution in [3.8, 4) is 17.6 Å². The molecule has 0 bridgehead atoms. The van der Waals surface area contributed by atoms with E-state index in [1.165, 1.54) is 0 Å². The molecule has 2 aromatic rings. The molecule has 0 heterocycles. The molecule has 0 saturated heterocycles. The Kier molecular flexibility index (Phi) is 6.93. The monoisotopic (exact) mass is 380 g/mol. The average molecular weight is 381 g/mol. The van der Waals surface area contributed by atoms with Crippen LogP contribution in [0.1, 0.15) is 69.9 Å². The summed E-state index contributed by atoms with van der Waals surface area (Å²) in [6.45, 7) is 13.0. The van der Waals surface area contributed by atoms with Crippen molar-refractivity contribution < 1.29 is 14.6 Å². The maximum Gasteiger partial charge on any atom is 0.188 e. The van der Waals surface area contributed by atoms with Crippen LogP contribution in [0.15, 0.2) is 42.5 Å². The standard InChI is InChI=1S/C25H32O3/c1-24(2,3)19-15-20(22(26)14-13-18-11-9-8-10-12-18)23(28-17-27-7)21(16-19)25(4,5)6/h8-12,15-16,22,26H,17H2,1-7H3. The molecular formula is C25H32O3. The molecule has 2 rings (SSSR count). The van der Waals surface area contributed by atoms with Crippen molar-refractivity contribution in [1.82, 2.24) is 0 Å². The molecule has 150 valence electrons. The molecule has 1 unspecified atom stereocenters. The van der Waals surface area contributed by atoms with Crippen LogP contribution in [0.3, 0.4) is 0 Å². The SMILES string of the molecule is COCOc1c(C(O)C#Cc2ccccc2)cc(C(C)(C)C)cc1C(C)(C)C. The Bertz CT molecular complexity index is 844. The highest BCUT2D eigenvalue weighted by Gasteiger charge is 2.28. The molecule has 0 radical (unpaired) electrons. The van der Waals surface area contributed by atoms with Crippen LogP contribution < -0.4 is 4.74 Å². The van der Waals surface area contributed by atoms with Crippen molar-refractivity contribution in [3.63, 3.8) is 0 Å². The third-order valence-electron chi connectivity index (χ3n) is 4.53. The van der Waals surface area contributed by atoms with Crippen molar-refractivity contribution in [3.05, 3.63) is 64.7 Å². The zero-order valence-corrected chi connectivity index (χ0v) is 18.1. The van der Waals surface area contributed by atoms with E-state index >= 15 is 0 Å². The van der Waals surface area contributed by atoms with Crippen molar-refractivity contribution >= 4 is 0 Å². The highest BCUT2D eigenvalue weighted by atomic mass is 16.7. The van der Waals surface area contributed by atoms with Gasteiger partial charge >= 0.3 is 0 Å². The van der Waals surface area contributed by atoms with Gasteiger partial charge in [-0.2, -0.15) is 0 Å². The van der Waals surface area contributed by atoms with Crippen LogP contribution >= 0.6 is 0 Å². The van der Waals surface area contributed by atoms with Crippen molar-refractivity contribution in [2.45, 2.75) is 58.5 Å². The number of ether oxygens (including phenoxy) is 2. The van der Waals surface area contributed by atoms with E-state index in [1.54, 1.807) is 7.11 Å². The van der Waals surface area contributed by atoms with Gasteiger partial charge in [-0.1, -0.05) is 77.6 Å². The van der Waals surface area contributed by atoms with Crippen LogP contribution in [0.5, 0.6) is 5.75 Å². The highest BCUT2D eigenvalue weighted by molar-refractivity contribution is 5.52. The fraction of sp³-hybridized carbons (Fsp3) is 0.440. The van der Waals surface area contributed by atoms with Gasteiger partial charge < -0.3 is 14.6 Å². The molecule has 28 heavy (non-hydrogen) atoms. The van der Waals surface area contributed by atoms with Crippen molar-refractivity contribution in [2.24, 2.45) is 0 Å². The Labute approximate surface area is 169 Å². The minimum absolute atomic E-state index is 0.0683. The van der Waals surface area contributed by atoms with E-state index in [-0.39, 0.29) is 17.6 Å². The lowest BCUT2D eigenvalue weighted by atomic mass is 9.78. The molecule has 1 atom stereocenters. The summed E-state index contributed by atoms with van der Waals surface area (Å²) in [6.07, 6.45) is -0.963. The van der Waals surface area contributed by atoms with Gasteiger partial charge in [0, 0.05) is 23.8 Å². The van der Waals surface area contributed by atoms with Gasteiger partial charge in [0.25, 0.3) is 0 Å². The van der Waals surface area contributed by atoms with Gasteiger partial charge in [0.1, 0.15) is 11.9 Å². The third kappa shape index (κ3) is 5.61. The summed E-state index contributed by atoms with van der Waals surface area (Å²) in [7, 11) is 1.59. The maximum absolute atomic E-state index is 10.9. The van der Waals surface area contributed by atoms with E-state index in [0.717, 1.165) is 16.7 Å². The Balaban J connectivity index is 2.63. The van der Waals surface area contributed by atoms with E-state index in [9.17, 15) is 5.11 Å². The molecule has 0 saturated carbocycles. The summed E-state index contributed by atoms with van der Waals surface area (Å²) >= 11 is 0. The Morgan fingerprint density at radius 2 is 1.61 bits per heavy atom. The molecule has 3 nitrogen and oxygen atoms in total. The minimum atomic E-state index is -0.963. The smallest absolute Gasteiger partial charge is 0.188 e. The lowest BCUT2D eigenvalue weighted by Crippen LogP contribution is -2.20. The van der Waals surface area contributed by atoms with E-state index < -0.39 is 6.10 Å². The van der Waals surface area contributed by atoms with Gasteiger partial charge in [-0.05, 0) is 34.6 Å². The predicted molar refractivity (Wildman–Crippen MR) is 115 cm³/mol. The fourth-order valence-electron chi connectivity index (χ4n) is 2.87. The van der Waals surface area contributed by atoms with E-state index in [1.807, 2.05) is 36.4 Å². The second-order valence-corrected chi connectivity index (χ2v) is 9.03. The number of benzene rings is 2. The van der Waals surface area contributed by atoms with Crippen LogP contribution in [0.2, 0.25) is 0 Å². The molecule has 0 aliphatic heterocycles. The third-order valence-corrected chi connectivity index (χ3v) is 4.53. The zero-order chi connectivity index (χ0) is 20.9. The van der Waals surface area contributed by atoms with E-state index in [4.69, 9.17) is 9.47 Å². The topological polar surface area (TPSA) is 38.7 Å². The summed E-state index contributed by atoms with van der Waals surface area (Å²) in [5, 5.41) is 10.9. The van der Waals surface area contributed by atoms with Gasteiger partial charge in [-0.25, -0.2) is 0 Å². The van der Waals surface area contributed by atoms with Crippen LogP contribution in [0, 0.1) is 11.8 Å². The number of hydrogen-bond acceptors (Lipinski definition) is 3. The van der Waals surface area contributed by atoms with Gasteiger partial charge in [0.15, 0.2) is 6.79 Å². The quantitative estimate of drug-likeness (QED) is 0.574. The van der Waals surface area contributed by atoms with Gasteiger partial charge in [-0.15, -0.1) is 0 Å². The van der Waals surface area contributed by atoms with Gasteiger partial charge in [0.05, 0.1) is 0 Å². The molecule has 0 fully saturated rings. The number of aliphatic hydroxyl groups is 1. The van der Waals surface area contributed by atoms with Crippen LogP contribution in [0.25, 0.3) is 0 Å². The Morgan fingerprint density at radius 3 is 2.14 bits per heavy atom. The molecular weight excluding hydrogens is 348 g/mol. The number of aliphatic hydroxyl groups excluding tert-OH is 1. The Hall–Kier alpha value is -2.28. The van der Waals surface area contributed by atoms with Gasteiger partial charge in [0.2, 0.25) is 0 Å². The summed E-state index contributed by atoms with van der Waals surface area (Å²) in [4.78, 5) is 0. The highest BCUT2D eigenvalue weighted by Crippen LogP contribution is 2.40. The first-order valence-electron chi connectivity index (χ1n) is 9.59. The van der Waals surface area contributed by atoms with Crippen LogP contribution in [-0.4, -0.2) is 19.0 Å². The molecule has 0 aromatic heterocycles. The minimum Gasteiger partial charge on any atom is -0.467 e. The lowest BCUT2D eigenvalue weighted by molar-refractivity contribution is 0.0476. The number of rotatable bonds is 4. The molecule has 3 heteroatoms. The van der Waals surface area contributed by atoms with Crippen molar-refractivity contribution in [2.75, 3.05) is 13.9 Å². The molecule has 0 spiro atoms. The largest absolute Gasteiger partial charge is 0.467 e. The Morgan fingerprint density at radius 1 is 0.964 bits per heavy atom. The summed E-state index contributed by atoms with van der Waals surface area (Å²) < 4.78 is 11.1. The van der Waals surface area contributed by atoms with Gasteiger partial charge in [-0.3, -0.25) is 0 Å². The molecule has 2 aromatic carbocycles. The summed E-state index contributed by atoms with van der Waals surface area (Å²) in [6, 6.07) is 13.8. The fourth-order valence-corrected chi connectivity index (χ4v) is 2.87. The number of hydrogen-bond donors (Lipinski definition) is 1. The molecule has 0 aliphatic carbocycles. The number of methoxy groups -OCH3 is 1. The normalized spacial score (nSPS) is 12.9.